The lowest BCUT2D eigenvalue weighted by Gasteiger charge is -2.49. The topological polar surface area (TPSA) is 195 Å². The van der Waals surface area contributed by atoms with Crippen LogP contribution in [-0.4, -0.2) is 219 Å². The van der Waals surface area contributed by atoms with E-state index >= 15 is 9.59 Å². The first kappa shape index (κ1) is 62.2. The number of amides is 4. The SMILES string of the molecule is COCCOCCOCCOc1ccc(OCCOCCOCCOC)c2c1CN1C(=O)N3Cc4c(OCCOCCOCCOC)ccc(OCCOCCOCCOC)c4CN4C(=O)N(C2)C1(c1ccccc1)C34c1ccccc1. The molecule has 0 N–H and O–H groups in total. The van der Waals surface area contributed by atoms with Gasteiger partial charge in [-0.2, -0.15) is 0 Å². The van der Waals surface area contributed by atoms with E-state index in [1.807, 2.05) is 105 Å². The predicted molar refractivity (Wildman–Crippen MR) is 298 cm³/mol. The molecule has 0 saturated carbocycles. The highest BCUT2D eigenvalue weighted by atomic mass is 16.6. The maximum atomic E-state index is 16.5. The summed E-state index contributed by atoms with van der Waals surface area (Å²) in [7, 11) is 6.52. The van der Waals surface area contributed by atoms with Gasteiger partial charge in [0, 0.05) is 61.8 Å². The van der Waals surface area contributed by atoms with Crippen LogP contribution in [0.3, 0.4) is 0 Å². The second kappa shape index (κ2) is 32.8. The molecule has 0 spiro atoms. The van der Waals surface area contributed by atoms with Gasteiger partial charge < -0.3 is 75.8 Å². The molecule has 0 atom stereocenters. The number of carbonyl (C=O) groups excluding carboxylic acids is 2. The van der Waals surface area contributed by atoms with Crippen LogP contribution >= 0.6 is 0 Å². The molecule has 0 aromatic heterocycles. The minimum absolute atomic E-state index is 0.0329. The molecule has 4 aromatic rings. The zero-order valence-electron chi connectivity index (χ0n) is 48.0. The Morgan fingerprint density at radius 2 is 0.500 bits per heavy atom. The number of hydrogen-bond donors (Lipinski definition) is 0. The zero-order valence-corrected chi connectivity index (χ0v) is 48.0. The van der Waals surface area contributed by atoms with Gasteiger partial charge in [0.15, 0.2) is 11.3 Å². The van der Waals surface area contributed by atoms with Gasteiger partial charge in [0.1, 0.15) is 49.4 Å². The number of fused-ring (bicyclic) bond motifs is 2. The van der Waals surface area contributed by atoms with E-state index in [0.717, 1.165) is 11.1 Å². The van der Waals surface area contributed by atoms with E-state index in [2.05, 4.69) is 0 Å². The number of rotatable bonds is 42. The molecule has 22 heteroatoms. The molecule has 4 aliphatic rings. The Balaban J connectivity index is 1.18. The van der Waals surface area contributed by atoms with Crippen LogP contribution in [-0.2, 0) is 94.3 Å². The monoisotopic (exact) mass is 1150 g/mol. The van der Waals surface area contributed by atoms with Gasteiger partial charge in [-0.25, -0.2) is 9.59 Å². The first-order valence-corrected chi connectivity index (χ1v) is 28.1. The molecule has 0 radical (unpaired) electrons. The molecule has 4 amide bonds. The maximum absolute atomic E-state index is 16.5. The van der Waals surface area contributed by atoms with Crippen molar-refractivity contribution in [3.63, 3.8) is 0 Å². The second-order valence-electron chi connectivity index (χ2n) is 19.3. The van der Waals surface area contributed by atoms with Crippen molar-refractivity contribution in [1.82, 2.24) is 19.6 Å². The smallest absolute Gasteiger partial charge is 0.325 e. The largest absolute Gasteiger partial charge is 0.491 e. The number of nitrogens with zero attached hydrogens (tertiary/aromatic N) is 4. The van der Waals surface area contributed by atoms with E-state index in [4.69, 9.17) is 75.8 Å². The van der Waals surface area contributed by atoms with Gasteiger partial charge in [-0.1, -0.05) is 60.7 Å². The molecule has 0 unspecified atom stereocenters. The minimum Gasteiger partial charge on any atom is -0.491 e. The third-order valence-electron chi connectivity index (χ3n) is 14.4. The quantitative estimate of drug-likeness (QED) is 0.0481. The third-order valence-corrected chi connectivity index (χ3v) is 14.4. The van der Waals surface area contributed by atoms with E-state index in [0.29, 0.717) is 151 Å². The zero-order chi connectivity index (χ0) is 57.2. The van der Waals surface area contributed by atoms with Crippen LogP contribution in [0.25, 0.3) is 0 Å². The summed E-state index contributed by atoms with van der Waals surface area (Å²) in [6.45, 7) is 8.98. The van der Waals surface area contributed by atoms with Crippen LogP contribution in [0.5, 0.6) is 23.0 Å². The van der Waals surface area contributed by atoms with Crippen molar-refractivity contribution < 1.29 is 85.4 Å². The summed E-state index contributed by atoms with van der Waals surface area (Å²) in [5.41, 5.74) is 1.23. The van der Waals surface area contributed by atoms with E-state index < -0.39 is 11.3 Å². The fourth-order valence-electron chi connectivity index (χ4n) is 10.9. The van der Waals surface area contributed by atoms with Crippen molar-refractivity contribution in [2.45, 2.75) is 37.5 Å². The molecule has 0 aliphatic carbocycles. The summed E-state index contributed by atoms with van der Waals surface area (Å²) in [4.78, 5) is 40.4. The van der Waals surface area contributed by atoms with Crippen molar-refractivity contribution in [1.29, 1.82) is 0 Å². The Hall–Kier alpha value is -5.86. The van der Waals surface area contributed by atoms with Crippen molar-refractivity contribution >= 4 is 12.1 Å². The molecule has 2 saturated heterocycles. The number of urea groups is 2. The highest BCUT2D eigenvalue weighted by Crippen LogP contribution is 2.66. The Labute approximate surface area is 481 Å². The van der Waals surface area contributed by atoms with Crippen LogP contribution in [0.4, 0.5) is 9.59 Å². The van der Waals surface area contributed by atoms with Gasteiger partial charge in [-0.05, 0) is 24.3 Å². The number of benzene rings is 4. The van der Waals surface area contributed by atoms with Crippen molar-refractivity contribution in [2.24, 2.45) is 0 Å². The summed E-state index contributed by atoms with van der Waals surface area (Å²) in [6, 6.07) is 26.5. The molecule has 4 aliphatic heterocycles. The molecule has 22 nitrogen and oxygen atoms in total. The molecule has 82 heavy (non-hydrogen) atoms. The summed E-state index contributed by atoms with van der Waals surface area (Å²) in [5, 5.41) is 0. The number of hydrogen-bond acceptors (Lipinski definition) is 18. The van der Waals surface area contributed by atoms with Gasteiger partial charge in [-0.3, -0.25) is 19.6 Å². The van der Waals surface area contributed by atoms with Gasteiger partial charge >= 0.3 is 12.1 Å². The fourth-order valence-corrected chi connectivity index (χ4v) is 10.9. The van der Waals surface area contributed by atoms with Gasteiger partial charge in [0.2, 0.25) is 0 Å². The van der Waals surface area contributed by atoms with Crippen molar-refractivity contribution in [3.8, 4) is 23.0 Å². The Morgan fingerprint density at radius 1 is 0.293 bits per heavy atom. The Kier molecular flexibility index (Phi) is 24.9. The predicted octanol–water partition coefficient (Wildman–Crippen LogP) is 5.83. The van der Waals surface area contributed by atoms with Gasteiger partial charge in [0.25, 0.3) is 0 Å². The van der Waals surface area contributed by atoms with E-state index in [1.54, 1.807) is 28.4 Å². The average Bonchev–Trinajstić information content (AvgIpc) is 1.70. The van der Waals surface area contributed by atoms with Crippen LogP contribution in [0.2, 0.25) is 0 Å². The average molecular weight is 1150 g/mol. The van der Waals surface area contributed by atoms with Gasteiger partial charge in [0.05, 0.1) is 158 Å². The third kappa shape index (κ3) is 14.5. The summed E-state index contributed by atoms with van der Waals surface area (Å²) in [6.07, 6.45) is 0. The van der Waals surface area contributed by atoms with Crippen LogP contribution in [0.15, 0.2) is 84.9 Å². The van der Waals surface area contributed by atoms with Crippen molar-refractivity contribution in [3.05, 3.63) is 118 Å². The molecule has 450 valence electrons. The van der Waals surface area contributed by atoms with Gasteiger partial charge in [-0.15, -0.1) is 0 Å². The molecule has 4 heterocycles. The molecular formula is C60H82N4O18. The van der Waals surface area contributed by atoms with Crippen LogP contribution in [0, 0.1) is 0 Å². The van der Waals surface area contributed by atoms with E-state index in [1.165, 1.54) is 0 Å². The number of methoxy groups -OCH3 is 4. The molecule has 4 aromatic carbocycles. The highest BCUT2D eigenvalue weighted by Gasteiger charge is 2.81. The van der Waals surface area contributed by atoms with Crippen LogP contribution < -0.4 is 18.9 Å². The lowest BCUT2D eigenvalue weighted by molar-refractivity contribution is -0.0796. The Bertz CT molecular complexity index is 2250. The molecule has 2 fully saturated rings. The van der Waals surface area contributed by atoms with E-state index in [9.17, 15) is 0 Å². The first-order chi connectivity index (χ1) is 40.5. The summed E-state index contributed by atoms with van der Waals surface area (Å²) in [5.74, 6) is 2.10. The Morgan fingerprint density at radius 3 is 0.720 bits per heavy atom. The first-order valence-electron chi connectivity index (χ1n) is 28.1. The van der Waals surface area contributed by atoms with Crippen molar-refractivity contribution in [2.75, 3.05) is 187 Å². The standard InChI is InChI=1S/C60H82N4O18/c1-67-19-23-71-27-31-75-35-39-79-53-15-16-54(80-40-36-76-32-28-72-24-20-68-2)50-44-62-58(66)64-46-52-51(55(81-41-37-77-33-29-73-25-21-69-3)17-18-56(52)82-42-38-78-34-30-74-26-22-70-4)45-63-57(65)61(43-49(50)53)59(62,47-11-7-5-8-12-47)60(63,64)48-13-9-6-10-14-48/h5-18H,19-46H2,1-4H3. The van der Waals surface area contributed by atoms with E-state index in [-0.39, 0.29) is 91.1 Å². The maximum Gasteiger partial charge on any atom is 0.325 e. The lowest BCUT2D eigenvalue weighted by Crippen LogP contribution is -2.62. The normalized spacial score (nSPS) is 17.9. The lowest BCUT2D eigenvalue weighted by atomic mass is 9.79. The molecule has 8 rings (SSSR count). The minimum atomic E-state index is -1.50. The second-order valence-corrected chi connectivity index (χ2v) is 19.3. The number of carbonyl (C=O) groups is 2. The molecular weight excluding hydrogens is 1060 g/mol. The van der Waals surface area contributed by atoms with Crippen LogP contribution in [0.1, 0.15) is 33.4 Å². The number of ether oxygens (including phenoxy) is 16. The summed E-state index contributed by atoms with van der Waals surface area (Å²) >= 11 is 0. The highest BCUT2D eigenvalue weighted by molar-refractivity contribution is 5.91. The molecule has 0 bridgehead atoms. The fraction of sp³-hybridized carbons (Fsp3) is 0.567. The summed E-state index contributed by atoms with van der Waals surface area (Å²) < 4.78 is 92.8.